The molecule has 3 aromatic rings. The largest absolute Gasteiger partial charge is 0.453 e. The number of carbonyl (C=O) groups excluding carboxylic acids is 2. The third kappa shape index (κ3) is 4.96. The summed E-state index contributed by atoms with van der Waals surface area (Å²) in [7, 11) is 1.29. The summed E-state index contributed by atoms with van der Waals surface area (Å²) < 4.78 is 6.63. The van der Waals surface area contributed by atoms with Crippen LogP contribution in [-0.4, -0.2) is 53.2 Å². The van der Waals surface area contributed by atoms with Crippen LogP contribution in [0.3, 0.4) is 0 Å². The van der Waals surface area contributed by atoms with Gasteiger partial charge in [0.05, 0.1) is 18.1 Å². The van der Waals surface area contributed by atoms with E-state index in [2.05, 4.69) is 39.1 Å². The van der Waals surface area contributed by atoms with Crippen LogP contribution in [-0.2, 0) is 11.3 Å². The van der Waals surface area contributed by atoms with Crippen molar-refractivity contribution in [1.29, 1.82) is 0 Å². The molecule has 2 aromatic carbocycles. The lowest BCUT2D eigenvalue weighted by molar-refractivity contribution is 0.102. The SMILES string of the molecule is CCN(CC)CCn1c(NC(=O)c2cccc(NC(=O)OC)c2)nc2ccccc21. The van der Waals surface area contributed by atoms with Crippen molar-refractivity contribution < 1.29 is 14.3 Å². The highest BCUT2D eigenvalue weighted by molar-refractivity contribution is 6.05. The second-order valence-corrected chi connectivity index (χ2v) is 6.75. The molecule has 0 aliphatic heterocycles. The highest BCUT2D eigenvalue weighted by Crippen LogP contribution is 2.21. The van der Waals surface area contributed by atoms with Gasteiger partial charge in [0.2, 0.25) is 5.95 Å². The second-order valence-electron chi connectivity index (χ2n) is 6.75. The number of carbonyl (C=O) groups is 2. The van der Waals surface area contributed by atoms with E-state index < -0.39 is 6.09 Å². The molecule has 0 atom stereocenters. The van der Waals surface area contributed by atoms with E-state index >= 15 is 0 Å². The molecule has 8 nitrogen and oxygen atoms in total. The van der Waals surface area contributed by atoms with Gasteiger partial charge in [-0.25, -0.2) is 9.78 Å². The Bertz CT molecular complexity index is 1030. The molecule has 8 heteroatoms. The summed E-state index contributed by atoms with van der Waals surface area (Å²) in [6.45, 7) is 7.76. The molecular formula is C22H27N5O3. The van der Waals surface area contributed by atoms with E-state index in [1.165, 1.54) is 7.11 Å². The van der Waals surface area contributed by atoms with Crippen LogP contribution < -0.4 is 10.6 Å². The van der Waals surface area contributed by atoms with Gasteiger partial charge in [-0.15, -0.1) is 0 Å². The van der Waals surface area contributed by atoms with E-state index in [9.17, 15) is 9.59 Å². The van der Waals surface area contributed by atoms with Gasteiger partial charge >= 0.3 is 6.09 Å². The van der Waals surface area contributed by atoms with Crippen LogP contribution in [0.25, 0.3) is 11.0 Å². The zero-order chi connectivity index (χ0) is 21.5. The molecule has 2 N–H and O–H groups in total. The van der Waals surface area contributed by atoms with Crippen LogP contribution in [0.1, 0.15) is 24.2 Å². The molecule has 0 bridgehead atoms. The van der Waals surface area contributed by atoms with Crippen LogP contribution in [0.5, 0.6) is 0 Å². The van der Waals surface area contributed by atoms with E-state index in [0.29, 0.717) is 23.7 Å². The molecule has 2 amide bonds. The minimum atomic E-state index is -0.592. The first-order valence-corrected chi connectivity index (χ1v) is 9.99. The van der Waals surface area contributed by atoms with E-state index in [0.717, 1.165) is 30.7 Å². The van der Waals surface area contributed by atoms with Gasteiger partial charge in [-0.2, -0.15) is 0 Å². The van der Waals surface area contributed by atoms with E-state index in [4.69, 9.17) is 0 Å². The third-order valence-electron chi connectivity index (χ3n) is 4.97. The predicted molar refractivity (Wildman–Crippen MR) is 118 cm³/mol. The normalized spacial score (nSPS) is 10.9. The Morgan fingerprint density at radius 1 is 1.07 bits per heavy atom. The highest BCUT2D eigenvalue weighted by atomic mass is 16.5. The summed E-state index contributed by atoms with van der Waals surface area (Å²) in [5.41, 5.74) is 2.69. The first-order chi connectivity index (χ1) is 14.5. The fraction of sp³-hybridized carbons (Fsp3) is 0.318. The molecule has 3 rings (SSSR count). The summed E-state index contributed by atoms with van der Waals surface area (Å²) in [6.07, 6.45) is -0.592. The number of methoxy groups -OCH3 is 1. The van der Waals surface area contributed by atoms with Crippen molar-refractivity contribution in [2.45, 2.75) is 20.4 Å². The van der Waals surface area contributed by atoms with Crippen molar-refractivity contribution in [3.63, 3.8) is 0 Å². The molecule has 0 fully saturated rings. The van der Waals surface area contributed by atoms with Crippen molar-refractivity contribution in [2.24, 2.45) is 0 Å². The van der Waals surface area contributed by atoms with Gasteiger partial charge in [0.1, 0.15) is 0 Å². The number of likely N-dealkylation sites (N-methyl/N-ethyl adjacent to an activating group) is 1. The molecule has 0 unspecified atom stereocenters. The maximum atomic E-state index is 12.9. The maximum absolute atomic E-state index is 12.9. The van der Waals surface area contributed by atoms with Crippen molar-refractivity contribution in [2.75, 3.05) is 37.4 Å². The van der Waals surface area contributed by atoms with Gasteiger partial charge in [-0.05, 0) is 43.4 Å². The molecule has 0 saturated heterocycles. The minimum absolute atomic E-state index is 0.303. The molecule has 0 aliphatic rings. The molecule has 0 spiro atoms. The molecular weight excluding hydrogens is 382 g/mol. The molecule has 0 aliphatic carbocycles. The highest BCUT2D eigenvalue weighted by Gasteiger charge is 2.15. The van der Waals surface area contributed by atoms with Crippen LogP contribution in [0.15, 0.2) is 48.5 Å². The average molecular weight is 409 g/mol. The second kappa shape index (κ2) is 9.89. The van der Waals surface area contributed by atoms with Crippen molar-refractivity contribution in [1.82, 2.24) is 14.5 Å². The summed E-state index contributed by atoms with van der Waals surface area (Å²) in [5.74, 6) is 0.197. The number of benzene rings is 2. The fourth-order valence-corrected chi connectivity index (χ4v) is 3.26. The van der Waals surface area contributed by atoms with E-state index in [-0.39, 0.29) is 5.91 Å². The summed E-state index contributed by atoms with van der Waals surface area (Å²) in [4.78, 5) is 31.2. The number of nitrogens with one attached hydrogen (secondary N) is 2. The number of rotatable bonds is 8. The number of aromatic nitrogens is 2. The Labute approximate surface area is 175 Å². The Balaban J connectivity index is 1.84. The molecule has 0 saturated carbocycles. The minimum Gasteiger partial charge on any atom is -0.453 e. The van der Waals surface area contributed by atoms with Crippen molar-refractivity contribution >= 4 is 34.7 Å². The number of nitrogens with zero attached hydrogens (tertiary/aromatic N) is 3. The third-order valence-corrected chi connectivity index (χ3v) is 4.97. The van der Waals surface area contributed by atoms with E-state index in [1.54, 1.807) is 24.3 Å². The lowest BCUT2D eigenvalue weighted by Crippen LogP contribution is -2.27. The van der Waals surface area contributed by atoms with Gasteiger partial charge in [0.15, 0.2) is 0 Å². The Hall–Kier alpha value is -3.39. The number of hydrogen-bond acceptors (Lipinski definition) is 5. The van der Waals surface area contributed by atoms with Gasteiger partial charge in [-0.3, -0.25) is 15.4 Å². The smallest absolute Gasteiger partial charge is 0.411 e. The topological polar surface area (TPSA) is 88.5 Å². The van der Waals surface area contributed by atoms with Gasteiger partial charge in [-0.1, -0.05) is 32.0 Å². The number of anilines is 2. The van der Waals surface area contributed by atoms with Crippen LogP contribution in [0, 0.1) is 0 Å². The molecule has 1 aromatic heterocycles. The number of para-hydroxylation sites is 2. The number of imidazole rings is 1. The molecule has 158 valence electrons. The Morgan fingerprint density at radius 2 is 1.83 bits per heavy atom. The van der Waals surface area contributed by atoms with Gasteiger partial charge < -0.3 is 14.2 Å². The standard InChI is InChI=1S/C22H27N5O3/c1-4-26(5-2)13-14-27-19-12-7-6-11-18(19)24-21(27)25-20(28)16-9-8-10-17(15-16)23-22(29)30-3/h6-12,15H,4-5,13-14H2,1-3H3,(H,23,29)(H,24,25,28). The summed E-state index contributed by atoms with van der Waals surface area (Å²) in [5, 5.41) is 5.48. The predicted octanol–water partition coefficient (Wildman–Crippen LogP) is 3.81. The van der Waals surface area contributed by atoms with Crippen LogP contribution in [0.4, 0.5) is 16.4 Å². The number of ether oxygens (including phenoxy) is 1. The average Bonchev–Trinajstić information content (AvgIpc) is 3.11. The maximum Gasteiger partial charge on any atom is 0.411 e. The molecule has 0 radical (unpaired) electrons. The van der Waals surface area contributed by atoms with Gasteiger partial charge in [0, 0.05) is 24.3 Å². The quantitative estimate of drug-likeness (QED) is 0.591. The molecule has 1 heterocycles. The number of fused-ring (bicyclic) bond motifs is 1. The monoisotopic (exact) mass is 409 g/mol. The van der Waals surface area contributed by atoms with Gasteiger partial charge in [0.25, 0.3) is 5.91 Å². The number of amides is 2. The Morgan fingerprint density at radius 3 is 2.57 bits per heavy atom. The van der Waals surface area contributed by atoms with E-state index in [1.807, 2.05) is 28.8 Å². The van der Waals surface area contributed by atoms with Crippen LogP contribution >= 0.6 is 0 Å². The lowest BCUT2D eigenvalue weighted by atomic mass is 10.2. The zero-order valence-corrected chi connectivity index (χ0v) is 17.5. The molecule has 30 heavy (non-hydrogen) atoms. The van der Waals surface area contributed by atoms with Crippen LogP contribution in [0.2, 0.25) is 0 Å². The fourth-order valence-electron chi connectivity index (χ4n) is 3.26. The first-order valence-electron chi connectivity index (χ1n) is 9.99. The number of hydrogen-bond donors (Lipinski definition) is 2. The summed E-state index contributed by atoms with van der Waals surface area (Å²) in [6, 6.07) is 14.5. The Kier molecular flexibility index (Phi) is 7.03. The summed E-state index contributed by atoms with van der Waals surface area (Å²) >= 11 is 0. The van der Waals surface area contributed by atoms with Crippen molar-refractivity contribution in [3.8, 4) is 0 Å². The lowest BCUT2D eigenvalue weighted by Gasteiger charge is -2.19. The zero-order valence-electron chi connectivity index (χ0n) is 17.5. The van der Waals surface area contributed by atoms with Crippen molar-refractivity contribution in [3.05, 3.63) is 54.1 Å². The first kappa shape index (κ1) is 21.3.